The average Bonchev–Trinajstić information content (AvgIpc) is 2.82. The standard InChI is InChI=1S/C17H14FNO/c1-12-6-7-13-8-9-19(16(13)10-12)11-17(20)14-4-2-3-5-15(14)18/h2-10H,11H2,1H3. The van der Waals surface area contributed by atoms with Crippen molar-refractivity contribution in [3.63, 3.8) is 0 Å². The molecule has 3 aromatic rings. The van der Waals surface area contributed by atoms with Crippen LogP contribution in [0.25, 0.3) is 10.9 Å². The fourth-order valence-electron chi connectivity index (χ4n) is 2.36. The van der Waals surface area contributed by atoms with Crippen molar-refractivity contribution in [2.24, 2.45) is 0 Å². The summed E-state index contributed by atoms with van der Waals surface area (Å²) in [6, 6.07) is 14.1. The van der Waals surface area contributed by atoms with Gasteiger partial charge in [0.15, 0.2) is 5.78 Å². The van der Waals surface area contributed by atoms with Crippen molar-refractivity contribution in [3.8, 4) is 0 Å². The second-order valence-electron chi connectivity index (χ2n) is 4.91. The fraction of sp³-hybridized carbons (Fsp3) is 0.118. The third-order valence-corrected chi connectivity index (χ3v) is 3.42. The predicted molar refractivity (Wildman–Crippen MR) is 77.4 cm³/mol. The Hall–Kier alpha value is -2.42. The number of ketones is 1. The number of fused-ring (bicyclic) bond motifs is 1. The summed E-state index contributed by atoms with van der Waals surface area (Å²) < 4.78 is 15.5. The Morgan fingerprint density at radius 2 is 1.95 bits per heavy atom. The quantitative estimate of drug-likeness (QED) is 0.658. The number of benzene rings is 2. The molecule has 0 unspecified atom stereocenters. The van der Waals surface area contributed by atoms with Gasteiger partial charge in [0, 0.05) is 11.7 Å². The zero-order chi connectivity index (χ0) is 14.1. The first-order chi connectivity index (χ1) is 9.65. The molecule has 0 aliphatic rings. The van der Waals surface area contributed by atoms with Crippen molar-refractivity contribution >= 4 is 16.7 Å². The van der Waals surface area contributed by atoms with Crippen molar-refractivity contribution in [2.45, 2.75) is 13.5 Å². The lowest BCUT2D eigenvalue weighted by molar-refractivity contribution is 0.0969. The summed E-state index contributed by atoms with van der Waals surface area (Å²) in [5, 5.41) is 1.08. The second-order valence-corrected chi connectivity index (χ2v) is 4.91. The summed E-state index contributed by atoms with van der Waals surface area (Å²) in [6.45, 7) is 2.16. The molecule has 1 aromatic heterocycles. The van der Waals surface area contributed by atoms with E-state index in [0.717, 1.165) is 16.5 Å². The van der Waals surface area contributed by atoms with Gasteiger partial charge in [-0.3, -0.25) is 4.79 Å². The van der Waals surface area contributed by atoms with E-state index in [2.05, 4.69) is 0 Å². The van der Waals surface area contributed by atoms with E-state index >= 15 is 0 Å². The topological polar surface area (TPSA) is 22.0 Å². The SMILES string of the molecule is Cc1ccc2ccn(CC(=O)c3ccccc3F)c2c1. The van der Waals surface area contributed by atoms with Crippen LogP contribution >= 0.6 is 0 Å². The van der Waals surface area contributed by atoms with Gasteiger partial charge in [-0.05, 0) is 42.1 Å². The summed E-state index contributed by atoms with van der Waals surface area (Å²) >= 11 is 0. The highest BCUT2D eigenvalue weighted by atomic mass is 19.1. The molecular weight excluding hydrogens is 253 g/mol. The van der Waals surface area contributed by atoms with Crippen LogP contribution in [0.3, 0.4) is 0 Å². The smallest absolute Gasteiger partial charge is 0.185 e. The molecule has 20 heavy (non-hydrogen) atoms. The van der Waals surface area contributed by atoms with Gasteiger partial charge in [0.1, 0.15) is 5.82 Å². The highest BCUT2D eigenvalue weighted by Gasteiger charge is 2.12. The Kier molecular flexibility index (Phi) is 3.11. The molecule has 1 heterocycles. The number of hydrogen-bond donors (Lipinski definition) is 0. The van der Waals surface area contributed by atoms with Gasteiger partial charge >= 0.3 is 0 Å². The molecule has 0 amide bonds. The molecule has 0 spiro atoms. The number of hydrogen-bond acceptors (Lipinski definition) is 1. The zero-order valence-corrected chi connectivity index (χ0v) is 11.1. The van der Waals surface area contributed by atoms with E-state index in [-0.39, 0.29) is 17.9 Å². The van der Waals surface area contributed by atoms with E-state index in [1.54, 1.807) is 12.1 Å². The van der Waals surface area contributed by atoms with Crippen molar-refractivity contribution in [1.29, 1.82) is 0 Å². The molecule has 0 aliphatic heterocycles. The van der Waals surface area contributed by atoms with Crippen LogP contribution in [0.2, 0.25) is 0 Å². The van der Waals surface area contributed by atoms with Crippen LogP contribution in [0.1, 0.15) is 15.9 Å². The van der Waals surface area contributed by atoms with Gasteiger partial charge < -0.3 is 4.57 Å². The zero-order valence-electron chi connectivity index (χ0n) is 11.1. The fourth-order valence-corrected chi connectivity index (χ4v) is 2.36. The van der Waals surface area contributed by atoms with Crippen LogP contribution < -0.4 is 0 Å². The van der Waals surface area contributed by atoms with Crippen LogP contribution in [0.15, 0.2) is 54.7 Å². The van der Waals surface area contributed by atoms with Crippen molar-refractivity contribution in [2.75, 3.05) is 0 Å². The van der Waals surface area contributed by atoms with Gasteiger partial charge in [0.2, 0.25) is 0 Å². The van der Waals surface area contributed by atoms with E-state index in [4.69, 9.17) is 0 Å². The Bertz CT molecular complexity index is 789. The Morgan fingerprint density at radius 3 is 2.75 bits per heavy atom. The third-order valence-electron chi connectivity index (χ3n) is 3.42. The average molecular weight is 267 g/mol. The van der Waals surface area contributed by atoms with E-state index in [1.807, 2.05) is 42.0 Å². The number of rotatable bonds is 3. The van der Waals surface area contributed by atoms with Crippen LogP contribution in [-0.2, 0) is 6.54 Å². The molecule has 0 fully saturated rings. The summed E-state index contributed by atoms with van der Waals surface area (Å²) in [5.74, 6) is -0.688. The maximum Gasteiger partial charge on any atom is 0.185 e. The summed E-state index contributed by atoms with van der Waals surface area (Å²) in [4.78, 5) is 12.2. The minimum atomic E-state index is -0.467. The largest absolute Gasteiger partial charge is 0.340 e. The van der Waals surface area contributed by atoms with Crippen LogP contribution in [-0.4, -0.2) is 10.4 Å². The Morgan fingerprint density at radius 1 is 1.15 bits per heavy atom. The molecule has 0 aliphatic carbocycles. The number of aromatic nitrogens is 1. The van der Waals surface area contributed by atoms with E-state index in [0.29, 0.717) is 0 Å². The molecule has 3 heteroatoms. The van der Waals surface area contributed by atoms with Crippen molar-refractivity contribution < 1.29 is 9.18 Å². The molecule has 100 valence electrons. The third kappa shape index (κ3) is 2.23. The van der Waals surface area contributed by atoms with Gasteiger partial charge in [-0.1, -0.05) is 24.3 Å². The first kappa shape index (κ1) is 12.6. The first-order valence-electron chi connectivity index (χ1n) is 6.48. The molecule has 0 N–H and O–H groups in total. The van der Waals surface area contributed by atoms with Gasteiger partial charge in [-0.2, -0.15) is 0 Å². The highest BCUT2D eigenvalue weighted by Crippen LogP contribution is 2.18. The van der Waals surface area contributed by atoms with Gasteiger partial charge in [0.05, 0.1) is 12.1 Å². The lowest BCUT2D eigenvalue weighted by Gasteiger charge is -2.06. The summed E-state index contributed by atoms with van der Waals surface area (Å²) in [5.41, 5.74) is 2.27. The van der Waals surface area contributed by atoms with Crippen molar-refractivity contribution in [3.05, 3.63) is 71.7 Å². The molecule has 0 atom stereocenters. The minimum Gasteiger partial charge on any atom is -0.340 e. The van der Waals surface area contributed by atoms with Crippen LogP contribution in [0.4, 0.5) is 4.39 Å². The van der Waals surface area contributed by atoms with Gasteiger partial charge in [-0.15, -0.1) is 0 Å². The molecule has 0 saturated carbocycles. The number of aryl methyl sites for hydroxylation is 1. The lowest BCUT2D eigenvalue weighted by Crippen LogP contribution is -2.11. The van der Waals surface area contributed by atoms with E-state index in [9.17, 15) is 9.18 Å². The van der Waals surface area contributed by atoms with Crippen LogP contribution in [0, 0.1) is 12.7 Å². The molecule has 2 aromatic carbocycles. The molecule has 2 nitrogen and oxygen atoms in total. The molecule has 0 radical (unpaired) electrons. The Balaban J connectivity index is 1.96. The number of nitrogens with zero attached hydrogens (tertiary/aromatic N) is 1. The van der Waals surface area contributed by atoms with Crippen molar-refractivity contribution in [1.82, 2.24) is 4.57 Å². The molecule has 0 saturated heterocycles. The van der Waals surface area contributed by atoms with E-state index in [1.165, 1.54) is 12.1 Å². The summed E-state index contributed by atoms with van der Waals surface area (Å²) in [7, 11) is 0. The highest BCUT2D eigenvalue weighted by molar-refractivity contribution is 5.97. The molecule has 3 rings (SSSR count). The van der Waals surface area contributed by atoms with Gasteiger partial charge in [0.25, 0.3) is 0 Å². The van der Waals surface area contributed by atoms with Crippen LogP contribution in [0.5, 0.6) is 0 Å². The number of halogens is 1. The maximum absolute atomic E-state index is 13.6. The Labute approximate surface area is 116 Å². The number of carbonyl (C=O) groups excluding carboxylic acids is 1. The first-order valence-corrected chi connectivity index (χ1v) is 6.48. The monoisotopic (exact) mass is 267 g/mol. The summed E-state index contributed by atoms with van der Waals surface area (Å²) in [6.07, 6.45) is 1.86. The predicted octanol–water partition coefficient (Wildman–Crippen LogP) is 3.97. The molecule has 0 bridgehead atoms. The van der Waals surface area contributed by atoms with E-state index < -0.39 is 5.82 Å². The minimum absolute atomic E-state index is 0.141. The number of Topliss-reactive ketones (excluding diaryl/α,β-unsaturated/α-hetero) is 1. The maximum atomic E-state index is 13.6. The lowest BCUT2D eigenvalue weighted by atomic mass is 10.1. The molecular formula is C17H14FNO. The normalized spacial score (nSPS) is 10.9. The number of carbonyl (C=O) groups is 1. The van der Waals surface area contributed by atoms with Gasteiger partial charge in [-0.25, -0.2) is 4.39 Å². The second kappa shape index (κ2) is 4.93.